The number of aromatic nitrogens is 1. The number of esters is 1. The Morgan fingerprint density at radius 1 is 1.53 bits per heavy atom. The molecule has 0 saturated heterocycles. The van der Waals surface area contributed by atoms with Crippen LogP contribution in [-0.2, 0) is 4.74 Å². The Labute approximate surface area is 92.2 Å². The summed E-state index contributed by atoms with van der Waals surface area (Å²) in [5.41, 5.74) is 1.40. The lowest BCUT2D eigenvalue weighted by molar-refractivity contribution is 0.0526. The predicted molar refractivity (Wildman–Crippen MR) is 58.4 cm³/mol. The van der Waals surface area contributed by atoms with Crippen LogP contribution in [0.5, 0.6) is 0 Å². The van der Waals surface area contributed by atoms with Crippen LogP contribution in [0.4, 0.5) is 0 Å². The van der Waals surface area contributed by atoms with E-state index in [1.54, 1.807) is 29.7 Å². The zero-order valence-corrected chi connectivity index (χ0v) is 8.99. The summed E-state index contributed by atoms with van der Waals surface area (Å²) >= 11 is 5.96. The van der Waals surface area contributed by atoms with Crippen molar-refractivity contribution in [3.05, 3.63) is 41.2 Å². The highest BCUT2D eigenvalue weighted by Crippen LogP contribution is 2.16. The highest BCUT2D eigenvalue weighted by Gasteiger charge is 2.10. The van der Waals surface area contributed by atoms with Gasteiger partial charge in [0.15, 0.2) is 0 Å². The van der Waals surface area contributed by atoms with Crippen molar-refractivity contribution in [3.8, 4) is 0 Å². The smallest absolute Gasteiger partial charge is 0.339 e. The lowest BCUT2D eigenvalue weighted by Gasteiger charge is -1.97. The predicted octanol–water partition coefficient (Wildman–Crippen LogP) is 2.77. The number of carbonyl (C=O) groups excluding carboxylic acids is 1. The second-order valence-corrected chi connectivity index (χ2v) is 3.48. The molecule has 0 aliphatic carbocycles. The Bertz CT molecular complexity index is 504. The minimum atomic E-state index is -0.322. The third-order valence-electron chi connectivity index (χ3n) is 2.09. The fraction of sp³-hybridized carbons (Fsp3) is 0.182. The maximum Gasteiger partial charge on any atom is 0.339 e. The van der Waals surface area contributed by atoms with Crippen LogP contribution >= 0.6 is 11.6 Å². The first-order valence-corrected chi connectivity index (χ1v) is 5.04. The first-order chi connectivity index (χ1) is 7.22. The molecule has 2 aromatic rings. The number of pyridine rings is 1. The van der Waals surface area contributed by atoms with Crippen LogP contribution in [0.25, 0.3) is 5.52 Å². The summed E-state index contributed by atoms with van der Waals surface area (Å²) in [6.07, 6.45) is 1.68. The maximum atomic E-state index is 11.4. The van der Waals surface area contributed by atoms with Gasteiger partial charge < -0.3 is 9.14 Å². The Hall–Kier alpha value is -1.48. The molecule has 0 fully saturated rings. The van der Waals surface area contributed by atoms with Gasteiger partial charge in [-0.1, -0.05) is 17.7 Å². The van der Waals surface area contributed by atoms with E-state index in [-0.39, 0.29) is 5.97 Å². The van der Waals surface area contributed by atoms with Crippen LogP contribution in [0.3, 0.4) is 0 Å². The van der Waals surface area contributed by atoms with E-state index in [0.29, 0.717) is 17.3 Å². The molecule has 0 aliphatic rings. The van der Waals surface area contributed by atoms with Crippen molar-refractivity contribution in [3.63, 3.8) is 0 Å². The molecule has 0 aliphatic heterocycles. The van der Waals surface area contributed by atoms with Crippen molar-refractivity contribution in [1.29, 1.82) is 0 Å². The van der Waals surface area contributed by atoms with Crippen LogP contribution in [0.15, 0.2) is 30.5 Å². The van der Waals surface area contributed by atoms with Gasteiger partial charge in [-0.2, -0.15) is 0 Å². The zero-order valence-electron chi connectivity index (χ0n) is 8.24. The summed E-state index contributed by atoms with van der Waals surface area (Å²) in [5, 5.41) is 0.572. The summed E-state index contributed by atoms with van der Waals surface area (Å²) < 4.78 is 6.65. The van der Waals surface area contributed by atoms with Gasteiger partial charge >= 0.3 is 5.97 Å². The van der Waals surface area contributed by atoms with E-state index in [2.05, 4.69) is 0 Å². The lowest BCUT2D eigenvalue weighted by Crippen LogP contribution is -2.02. The molecular formula is C11H10ClNO2. The van der Waals surface area contributed by atoms with E-state index in [9.17, 15) is 4.79 Å². The molecule has 0 radical (unpaired) electrons. The molecule has 0 saturated carbocycles. The molecule has 0 aromatic carbocycles. The number of hydrogen-bond donors (Lipinski definition) is 0. The number of nitrogens with zero attached hydrogens (tertiary/aromatic N) is 1. The minimum Gasteiger partial charge on any atom is -0.462 e. The molecule has 0 spiro atoms. The van der Waals surface area contributed by atoms with E-state index in [1.165, 1.54) is 0 Å². The molecule has 2 rings (SSSR count). The summed E-state index contributed by atoms with van der Waals surface area (Å²) in [5.74, 6) is -0.322. The lowest BCUT2D eigenvalue weighted by atomic mass is 10.3. The molecule has 2 aromatic heterocycles. The van der Waals surface area contributed by atoms with Gasteiger partial charge in [0.1, 0.15) is 5.15 Å². The number of rotatable bonds is 2. The van der Waals surface area contributed by atoms with Crippen LogP contribution in [0.2, 0.25) is 5.15 Å². The van der Waals surface area contributed by atoms with E-state index in [1.807, 2.05) is 12.1 Å². The Morgan fingerprint density at radius 3 is 3.00 bits per heavy atom. The van der Waals surface area contributed by atoms with Crippen LogP contribution < -0.4 is 0 Å². The number of ether oxygens (including phenoxy) is 1. The monoisotopic (exact) mass is 223 g/mol. The molecule has 15 heavy (non-hydrogen) atoms. The van der Waals surface area contributed by atoms with E-state index in [0.717, 1.165) is 5.52 Å². The third-order valence-corrected chi connectivity index (χ3v) is 2.40. The minimum absolute atomic E-state index is 0.322. The molecule has 0 unspecified atom stereocenters. The van der Waals surface area contributed by atoms with Crippen molar-refractivity contribution in [2.45, 2.75) is 6.92 Å². The van der Waals surface area contributed by atoms with Gasteiger partial charge in [-0.15, -0.1) is 0 Å². The Morgan fingerprint density at radius 2 is 2.33 bits per heavy atom. The van der Waals surface area contributed by atoms with Gasteiger partial charge in [0.05, 0.1) is 12.2 Å². The fourth-order valence-corrected chi connectivity index (χ4v) is 1.64. The number of carbonyl (C=O) groups is 1. The molecule has 78 valence electrons. The maximum absolute atomic E-state index is 11.4. The van der Waals surface area contributed by atoms with Crippen LogP contribution in [0.1, 0.15) is 17.3 Å². The topological polar surface area (TPSA) is 30.7 Å². The molecule has 0 N–H and O–H groups in total. The van der Waals surface area contributed by atoms with Gasteiger partial charge in [-0.05, 0) is 25.1 Å². The van der Waals surface area contributed by atoms with E-state index < -0.39 is 0 Å². The normalized spacial score (nSPS) is 10.5. The summed E-state index contributed by atoms with van der Waals surface area (Å²) in [7, 11) is 0. The molecular weight excluding hydrogens is 214 g/mol. The van der Waals surface area contributed by atoms with Crippen molar-refractivity contribution in [2.24, 2.45) is 0 Å². The molecule has 4 heteroatoms. The first-order valence-electron chi connectivity index (χ1n) is 4.66. The number of halogens is 1. The quantitative estimate of drug-likeness (QED) is 0.579. The zero-order chi connectivity index (χ0) is 10.8. The second kappa shape index (κ2) is 3.95. The number of fused-ring (bicyclic) bond motifs is 1. The van der Waals surface area contributed by atoms with Gasteiger partial charge in [-0.3, -0.25) is 0 Å². The molecule has 2 heterocycles. The third kappa shape index (κ3) is 1.83. The average molecular weight is 224 g/mol. The Kier molecular flexibility index (Phi) is 2.64. The first kappa shape index (κ1) is 10.1. The average Bonchev–Trinajstić information content (AvgIpc) is 2.63. The highest BCUT2D eigenvalue weighted by molar-refractivity contribution is 6.29. The van der Waals surface area contributed by atoms with Gasteiger partial charge in [0.25, 0.3) is 0 Å². The van der Waals surface area contributed by atoms with Crippen molar-refractivity contribution in [2.75, 3.05) is 6.61 Å². The molecule has 0 amide bonds. The molecule has 3 nitrogen and oxygen atoms in total. The largest absolute Gasteiger partial charge is 0.462 e. The van der Waals surface area contributed by atoms with E-state index in [4.69, 9.17) is 16.3 Å². The molecule has 0 bridgehead atoms. The van der Waals surface area contributed by atoms with E-state index >= 15 is 0 Å². The summed E-state index contributed by atoms with van der Waals surface area (Å²) in [4.78, 5) is 11.4. The number of hydrogen-bond acceptors (Lipinski definition) is 2. The van der Waals surface area contributed by atoms with Crippen molar-refractivity contribution >= 4 is 23.1 Å². The van der Waals surface area contributed by atoms with Crippen molar-refractivity contribution < 1.29 is 9.53 Å². The SMILES string of the molecule is CCOC(=O)c1cc2cccc(Cl)n2c1. The van der Waals surface area contributed by atoms with Gasteiger partial charge in [-0.25, -0.2) is 4.79 Å². The Balaban J connectivity index is 2.47. The van der Waals surface area contributed by atoms with Gasteiger partial charge in [0, 0.05) is 11.7 Å². The van der Waals surface area contributed by atoms with Gasteiger partial charge in [0.2, 0.25) is 0 Å². The van der Waals surface area contributed by atoms with Crippen LogP contribution in [0, 0.1) is 0 Å². The second-order valence-electron chi connectivity index (χ2n) is 3.09. The fourth-order valence-electron chi connectivity index (χ4n) is 1.43. The summed E-state index contributed by atoms with van der Waals surface area (Å²) in [6, 6.07) is 7.24. The standard InChI is InChI=1S/C11H10ClNO2/c1-2-15-11(14)8-6-9-4-3-5-10(12)13(9)7-8/h3-7H,2H2,1H3. The van der Waals surface area contributed by atoms with Crippen LogP contribution in [-0.4, -0.2) is 17.0 Å². The summed E-state index contributed by atoms with van der Waals surface area (Å²) in [6.45, 7) is 2.15. The molecule has 0 atom stereocenters. The van der Waals surface area contributed by atoms with Crippen molar-refractivity contribution in [1.82, 2.24) is 4.40 Å². The highest BCUT2D eigenvalue weighted by atomic mass is 35.5.